The van der Waals surface area contributed by atoms with Crippen LogP contribution in [0, 0.1) is 17.8 Å². The van der Waals surface area contributed by atoms with E-state index >= 15 is 0 Å². The fraction of sp³-hybridized carbons (Fsp3) is 0.588. The lowest BCUT2D eigenvalue weighted by Crippen LogP contribution is -2.45. The van der Waals surface area contributed by atoms with Crippen LogP contribution in [0.2, 0.25) is 5.02 Å². The van der Waals surface area contributed by atoms with Crippen LogP contribution in [-0.4, -0.2) is 11.9 Å². The number of halogens is 1. The molecule has 0 saturated heterocycles. The molecule has 0 bridgehead atoms. The van der Waals surface area contributed by atoms with Crippen molar-refractivity contribution in [2.45, 2.75) is 46.1 Å². The summed E-state index contributed by atoms with van der Waals surface area (Å²) in [6.45, 7) is 6.77. The molecule has 3 atom stereocenters. The molecule has 1 aliphatic carbocycles. The minimum atomic E-state index is -0.00255. The van der Waals surface area contributed by atoms with Gasteiger partial charge in [0, 0.05) is 16.6 Å². The molecule has 20 heavy (non-hydrogen) atoms. The number of hydrogen-bond acceptors (Lipinski definition) is 1. The average molecular weight is 294 g/mol. The summed E-state index contributed by atoms with van der Waals surface area (Å²) < 4.78 is 0. The molecule has 1 fully saturated rings. The van der Waals surface area contributed by atoms with Crippen molar-refractivity contribution in [3.63, 3.8) is 0 Å². The first-order valence-corrected chi connectivity index (χ1v) is 7.91. The van der Waals surface area contributed by atoms with Crippen LogP contribution in [0.3, 0.4) is 0 Å². The Balaban J connectivity index is 2.08. The predicted molar refractivity (Wildman–Crippen MR) is 84.0 cm³/mol. The first-order valence-electron chi connectivity index (χ1n) is 7.53. The van der Waals surface area contributed by atoms with Gasteiger partial charge in [-0.1, -0.05) is 44.9 Å². The molecular formula is C17H24ClNO. The molecule has 3 heteroatoms. The minimum Gasteiger partial charge on any atom is -0.349 e. The number of amides is 1. The van der Waals surface area contributed by atoms with E-state index in [1.807, 2.05) is 12.1 Å². The summed E-state index contributed by atoms with van der Waals surface area (Å²) in [5, 5.41) is 3.83. The van der Waals surface area contributed by atoms with E-state index in [2.05, 4.69) is 26.1 Å². The maximum atomic E-state index is 12.4. The summed E-state index contributed by atoms with van der Waals surface area (Å²) in [4.78, 5) is 12.4. The van der Waals surface area contributed by atoms with Gasteiger partial charge in [-0.25, -0.2) is 0 Å². The molecule has 0 heterocycles. The maximum absolute atomic E-state index is 12.4. The van der Waals surface area contributed by atoms with E-state index in [4.69, 9.17) is 11.6 Å². The zero-order valence-electron chi connectivity index (χ0n) is 12.5. The highest BCUT2D eigenvalue weighted by molar-refractivity contribution is 6.30. The Kier molecular flexibility index (Phi) is 5.09. The summed E-state index contributed by atoms with van der Waals surface area (Å²) in [7, 11) is 0. The summed E-state index contributed by atoms with van der Waals surface area (Å²) in [5.74, 6) is 1.87. The van der Waals surface area contributed by atoms with Crippen molar-refractivity contribution >= 4 is 17.5 Å². The Labute approximate surface area is 126 Å². The van der Waals surface area contributed by atoms with E-state index in [0.29, 0.717) is 28.3 Å². The van der Waals surface area contributed by atoms with Crippen LogP contribution >= 0.6 is 11.6 Å². The quantitative estimate of drug-likeness (QED) is 0.871. The monoisotopic (exact) mass is 293 g/mol. The zero-order valence-corrected chi connectivity index (χ0v) is 13.3. The molecule has 1 aliphatic rings. The molecule has 110 valence electrons. The third-order valence-corrected chi connectivity index (χ3v) is 4.66. The fourth-order valence-corrected chi connectivity index (χ4v) is 3.44. The topological polar surface area (TPSA) is 29.1 Å². The Bertz CT molecular complexity index is 472. The molecule has 1 aromatic carbocycles. The standard InChI is InChI=1S/C17H24ClNO/c1-11(2)15-8-7-12(3)9-16(15)19-17(20)13-5-4-6-14(18)10-13/h4-6,10-12,15-16H,7-9H2,1-3H3,(H,19,20)/t12-,15+,16-/m1/s1. The van der Waals surface area contributed by atoms with Gasteiger partial charge in [-0.15, -0.1) is 0 Å². The summed E-state index contributed by atoms with van der Waals surface area (Å²) in [6, 6.07) is 7.44. The number of benzene rings is 1. The van der Waals surface area contributed by atoms with Gasteiger partial charge in [0.2, 0.25) is 0 Å². The highest BCUT2D eigenvalue weighted by Gasteiger charge is 2.31. The van der Waals surface area contributed by atoms with Gasteiger partial charge < -0.3 is 5.32 Å². The molecule has 0 radical (unpaired) electrons. The van der Waals surface area contributed by atoms with Crippen LogP contribution in [0.25, 0.3) is 0 Å². The van der Waals surface area contributed by atoms with E-state index < -0.39 is 0 Å². The van der Waals surface area contributed by atoms with Crippen LogP contribution in [0.5, 0.6) is 0 Å². The lowest BCUT2D eigenvalue weighted by Gasteiger charge is -2.37. The first kappa shape index (κ1) is 15.4. The van der Waals surface area contributed by atoms with Gasteiger partial charge in [0.05, 0.1) is 0 Å². The van der Waals surface area contributed by atoms with Crippen LogP contribution in [0.15, 0.2) is 24.3 Å². The molecule has 0 aromatic heterocycles. The van der Waals surface area contributed by atoms with Crippen molar-refractivity contribution in [2.75, 3.05) is 0 Å². The van der Waals surface area contributed by atoms with E-state index in [9.17, 15) is 4.79 Å². The lowest BCUT2D eigenvalue weighted by atomic mass is 9.74. The summed E-state index contributed by atoms with van der Waals surface area (Å²) >= 11 is 5.95. The second kappa shape index (κ2) is 6.62. The third kappa shape index (κ3) is 3.76. The molecule has 0 aliphatic heterocycles. The second-order valence-corrected chi connectivity index (χ2v) is 6.85. The Hall–Kier alpha value is -1.02. The fourth-order valence-electron chi connectivity index (χ4n) is 3.25. The minimum absolute atomic E-state index is 0.00255. The van der Waals surface area contributed by atoms with Gasteiger partial charge in [-0.05, 0) is 48.8 Å². The van der Waals surface area contributed by atoms with Gasteiger partial charge in [0.25, 0.3) is 5.91 Å². The highest BCUT2D eigenvalue weighted by atomic mass is 35.5. The lowest BCUT2D eigenvalue weighted by molar-refractivity contribution is 0.0868. The SMILES string of the molecule is CC(C)[C@@H]1CC[C@@H](C)C[C@H]1NC(=O)c1cccc(Cl)c1. The van der Waals surface area contributed by atoms with Crippen molar-refractivity contribution in [2.24, 2.45) is 17.8 Å². The van der Waals surface area contributed by atoms with E-state index in [1.165, 1.54) is 12.8 Å². The van der Waals surface area contributed by atoms with E-state index in [1.54, 1.807) is 12.1 Å². The Morgan fingerprint density at radius 3 is 2.75 bits per heavy atom. The smallest absolute Gasteiger partial charge is 0.251 e. The van der Waals surface area contributed by atoms with Crippen molar-refractivity contribution in [1.29, 1.82) is 0 Å². The molecular weight excluding hydrogens is 270 g/mol. The van der Waals surface area contributed by atoms with E-state index in [-0.39, 0.29) is 11.9 Å². The van der Waals surface area contributed by atoms with Gasteiger partial charge >= 0.3 is 0 Å². The number of carbonyl (C=O) groups is 1. The van der Waals surface area contributed by atoms with Crippen molar-refractivity contribution in [3.05, 3.63) is 34.9 Å². The Morgan fingerprint density at radius 2 is 2.10 bits per heavy atom. The van der Waals surface area contributed by atoms with E-state index in [0.717, 1.165) is 6.42 Å². The highest BCUT2D eigenvalue weighted by Crippen LogP contribution is 2.33. The molecule has 1 aromatic rings. The largest absolute Gasteiger partial charge is 0.349 e. The summed E-state index contributed by atoms with van der Waals surface area (Å²) in [5.41, 5.74) is 0.651. The van der Waals surface area contributed by atoms with Crippen molar-refractivity contribution < 1.29 is 4.79 Å². The van der Waals surface area contributed by atoms with Crippen molar-refractivity contribution in [3.8, 4) is 0 Å². The van der Waals surface area contributed by atoms with Crippen LogP contribution < -0.4 is 5.32 Å². The zero-order chi connectivity index (χ0) is 14.7. The third-order valence-electron chi connectivity index (χ3n) is 4.43. The summed E-state index contributed by atoms with van der Waals surface area (Å²) in [6.07, 6.45) is 3.56. The molecule has 1 amide bonds. The molecule has 0 unspecified atom stereocenters. The maximum Gasteiger partial charge on any atom is 0.251 e. The molecule has 0 spiro atoms. The van der Waals surface area contributed by atoms with Crippen LogP contribution in [0.4, 0.5) is 0 Å². The molecule has 2 rings (SSSR count). The van der Waals surface area contributed by atoms with Crippen LogP contribution in [0.1, 0.15) is 50.4 Å². The van der Waals surface area contributed by atoms with Gasteiger partial charge in [0.15, 0.2) is 0 Å². The Morgan fingerprint density at radius 1 is 1.35 bits per heavy atom. The molecule has 2 nitrogen and oxygen atoms in total. The first-order chi connectivity index (χ1) is 9.47. The average Bonchev–Trinajstić information content (AvgIpc) is 2.38. The van der Waals surface area contributed by atoms with Crippen LogP contribution in [-0.2, 0) is 0 Å². The van der Waals surface area contributed by atoms with Crippen molar-refractivity contribution in [1.82, 2.24) is 5.32 Å². The number of nitrogens with one attached hydrogen (secondary N) is 1. The molecule has 1 N–H and O–H groups in total. The second-order valence-electron chi connectivity index (χ2n) is 6.42. The number of carbonyl (C=O) groups excluding carboxylic acids is 1. The van der Waals surface area contributed by atoms with Gasteiger partial charge in [-0.2, -0.15) is 0 Å². The van der Waals surface area contributed by atoms with Gasteiger partial charge in [-0.3, -0.25) is 4.79 Å². The predicted octanol–water partition coefficient (Wildman–Crippen LogP) is 4.53. The number of hydrogen-bond donors (Lipinski definition) is 1. The molecule has 1 saturated carbocycles. The van der Waals surface area contributed by atoms with Gasteiger partial charge in [0.1, 0.15) is 0 Å². The number of rotatable bonds is 3. The normalized spacial score (nSPS) is 26.6.